The number of rotatable bonds is 5. The Morgan fingerprint density at radius 3 is 2.73 bits per heavy atom. The van der Waals surface area contributed by atoms with E-state index in [4.69, 9.17) is 5.73 Å². The van der Waals surface area contributed by atoms with Crippen LogP contribution in [0.2, 0.25) is 0 Å². The van der Waals surface area contributed by atoms with Crippen LogP contribution < -0.4 is 5.73 Å². The number of anilines is 1. The van der Waals surface area contributed by atoms with Gasteiger partial charge in [-0.15, -0.1) is 12.4 Å². The molecule has 0 radical (unpaired) electrons. The first-order valence-corrected chi connectivity index (χ1v) is 7.94. The van der Waals surface area contributed by atoms with Gasteiger partial charge in [0.15, 0.2) is 0 Å². The zero-order valence-electron chi connectivity index (χ0n) is 13.2. The van der Waals surface area contributed by atoms with E-state index >= 15 is 0 Å². The first-order valence-electron chi connectivity index (χ1n) is 7.94. The number of nitrogens with zero attached hydrogens (tertiary/aromatic N) is 1. The average molecular weight is 317 g/mol. The molecular formula is C19H25ClN2. The molecule has 0 aromatic heterocycles. The molecule has 0 saturated carbocycles. The fourth-order valence-electron chi connectivity index (χ4n) is 3.47. The van der Waals surface area contributed by atoms with Crippen LogP contribution in [0, 0.1) is 0 Å². The van der Waals surface area contributed by atoms with Gasteiger partial charge in [-0.2, -0.15) is 0 Å². The smallest absolute Gasteiger partial charge is 0.0357 e. The van der Waals surface area contributed by atoms with E-state index in [1.807, 2.05) is 6.07 Å². The van der Waals surface area contributed by atoms with Gasteiger partial charge in [0.25, 0.3) is 0 Å². The second-order valence-electron chi connectivity index (χ2n) is 5.97. The molecule has 2 N–H and O–H groups in total. The van der Waals surface area contributed by atoms with Gasteiger partial charge < -0.3 is 5.73 Å². The van der Waals surface area contributed by atoms with E-state index in [-0.39, 0.29) is 12.4 Å². The van der Waals surface area contributed by atoms with Crippen molar-refractivity contribution in [3.05, 3.63) is 65.2 Å². The zero-order valence-corrected chi connectivity index (χ0v) is 14.0. The minimum absolute atomic E-state index is 0. The zero-order chi connectivity index (χ0) is 14.7. The Balaban J connectivity index is 0.00000176. The maximum atomic E-state index is 5.92. The lowest BCUT2D eigenvalue weighted by Crippen LogP contribution is -2.28. The highest BCUT2D eigenvalue weighted by molar-refractivity contribution is 5.85. The third-order valence-electron chi connectivity index (χ3n) is 4.39. The van der Waals surface area contributed by atoms with Crippen LogP contribution in [-0.2, 0) is 13.0 Å². The lowest BCUT2D eigenvalue weighted by atomic mass is 10.1. The van der Waals surface area contributed by atoms with Crippen molar-refractivity contribution < 1.29 is 0 Å². The molecule has 0 fully saturated rings. The normalized spacial score (nSPS) is 16.4. The Bertz CT molecular complexity index is 612. The van der Waals surface area contributed by atoms with Gasteiger partial charge in [-0.05, 0) is 54.6 Å². The van der Waals surface area contributed by atoms with E-state index < -0.39 is 0 Å². The number of nitrogen functional groups attached to an aromatic ring is 1. The number of benzene rings is 2. The fraction of sp³-hybridized carbons (Fsp3) is 0.368. The molecule has 0 saturated heterocycles. The highest BCUT2D eigenvalue weighted by atomic mass is 35.5. The van der Waals surface area contributed by atoms with Crippen LogP contribution in [0.25, 0.3) is 0 Å². The Kier molecular flexibility index (Phi) is 5.87. The summed E-state index contributed by atoms with van der Waals surface area (Å²) in [5.74, 6) is 0. The van der Waals surface area contributed by atoms with Gasteiger partial charge in [-0.25, -0.2) is 0 Å². The summed E-state index contributed by atoms with van der Waals surface area (Å²) in [7, 11) is 0. The van der Waals surface area contributed by atoms with E-state index in [2.05, 4.69) is 54.3 Å². The van der Waals surface area contributed by atoms with Gasteiger partial charge in [0.2, 0.25) is 0 Å². The largest absolute Gasteiger partial charge is 0.399 e. The molecule has 0 bridgehead atoms. The average Bonchev–Trinajstić information content (AvgIpc) is 2.91. The van der Waals surface area contributed by atoms with E-state index in [0.717, 1.165) is 18.8 Å². The van der Waals surface area contributed by atoms with Crippen LogP contribution >= 0.6 is 12.4 Å². The third-order valence-corrected chi connectivity index (χ3v) is 4.39. The van der Waals surface area contributed by atoms with E-state index in [9.17, 15) is 0 Å². The van der Waals surface area contributed by atoms with Crippen molar-refractivity contribution in [3.8, 4) is 0 Å². The predicted octanol–water partition coefficient (Wildman–Crippen LogP) is 4.59. The van der Waals surface area contributed by atoms with Crippen molar-refractivity contribution in [2.24, 2.45) is 0 Å². The van der Waals surface area contributed by atoms with Gasteiger partial charge in [-0.1, -0.05) is 43.3 Å². The quantitative estimate of drug-likeness (QED) is 0.817. The highest BCUT2D eigenvalue weighted by Gasteiger charge is 2.27. The summed E-state index contributed by atoms with van der Waals surface area (Å²) in [6.45, 7) is 4.37. The first-order chi connectivity index (χ1) is 10.3. The van der Waals surface area contributed by atoms with Gasteiger partial charge in [0.1, 0.15) is 0 Å². The number of aryl methyl sites for hydroxylation is 1. The van der Waals surface area contributed by atoms with Crippen molar-refractivity contribution in [2.75, 3.05) is 12.3 Å². The van der Waals surface area contributed by atoms with Gasteiger partial charge in [0, 0.05) is 18.3 Å². The number of nitrogens with two attached hydrogens (primary N) is 1. The number of fused-ring (bicyclic) bond motifs is 1. The van der Waals surface area contributed by atoms with Crippen molar-refractivity contribution in [1.82, 2.24) is 4.90 Å². The molecule has 22 heavy (non-hydrogen) atoms. The van der Waals surface area contributed by atoms with Crippen LogP contribution in [0.15, 0.2) is 48.5 Å². The van der Waals surface area contributed by atoms with Crippen LogP contribution in [0.3, 0.4) is 0 Å². The molecule has 0 heterocycles. The molecule has 1 atom stereocenters. The Morgan fingerprint density at radius 1 is 1.14 bits per heavy atom. The van der Waals surface area contributed by atoms with Crippen molar-refractivity contribution in [3.63, 3.8) is 0 Å². The van der Waals surface area contributed by atoms with Gasteiger partial charge in [0.05, 0.1) is 0 Å². The molecule has 1 aliphatic rings. The number of halogens is 1. The first kappa shape index (κ1) is 16.9. The SMILES string of the molecule is CCCN(Cc1cccc(N)c1)C1CCc2ccccc21.Cl. The van der Waals surface area contributed by atoms with E-state index in [1.165, 1.54) is 36.0 Å². The molecule has 2 aromatic carbocycles. The summed E-state index contributed by atoms with van der Waals surface area (Å²) in [5, 5.41) is 0. The monoisotopic (exact) mass is 316 g/mol. The number of hydrogen-bond acceptors (Lipinski definition) is 2. The van der Waals surface area contributed by atoms with Crippen molar-refractivity contribution >= 4 is 18.1 Å². The van der Waals surface area contributed by atoms with Gasteiger partial charge in [-0.3, -0.25) is 4.90 Å². The summed E-state index contributed by atoms with van der Waals surface area (Å²) in [6.07, 6.45) is 3.63. The van der Waals surface area contributed by atoms with E-state index in [0.29, 0.717) is 6.04 Å². The van der Waals surface area contributed by atoms with Crippen LogP contribution in [0.4, 0.5) is 5.69 Å². The molecular weight excluding hydrogens is 292 g/mol. The summed E-state index contributed by atoms with van der Waals surface area (Å²) >= 11 is 0. The number of hydrogen-bond donors (Lipinski definition) is 1. The minimum Gasteiger partial charge on any atom is -0.399 e. The maximum Gasteiger partial charge on any atom is 0.0357 e. The molecule has 0 aliphatic heterocycles. The Labute approximate surface area is 139 Å². The maximum absolute atomic E-state index is 5.92. The van der Waals surface area contributed by atoms with Gasteiger partial charge >= 0.3 is 0 Å². The van der Waals surface area contributed by atoms with Crippen LogP contribution in [0.5, 0.6) is 0 Å². The third kappa shape index (κ3) is 3.63. The molecule has 0 spiro atoms. The molecule has 3 rings (SSSR count). The standard InChI is InChI=1S/C19H24N2.ClH/c1-2-12-21(14-15-6-5-8-17(20)13-15)19-11-10-16-7-3-4-9-18(16)19;/h3-9,13,19H,2,10-12,14,20H2,1H3;1H. The fourth-order valence-corrected chi connectivity index (χ4v) is 3.47. The lowest BCUT2D eigenvalue weighted by Gasteiger charge is -2.29. The van der Waals surface area contributed by atoms with Crippen molar-refractivity contribution in [1.29, 1.82) is 0 Å². The van der Waals surface area contributed by atoms with E-state index in [1.54, 1.807) is 0 Å². The molecule has 1 aliphatic carbocycles. The van der Waals surface area contributed by atoms with Crippen LogP contribution in [0.1, 0.15) is 42.5 Å². The molecule has 0 amide bonds. The summed E-state index contributed by atoms with van der Waals surface area (Å²) in [4.78, 5) is 2.61. The molecule has 2 aromatic rings. The summed E-state index contributed by atoms with van der Waals surface area (Å²) < 4.78 is 0. The highest BCUT2D eigenvalue weighted by Crippen LogP contribution is 2.36. The lowest BCUT2D eigenvalue weighted by molar-refractivity contribution is 0.188. The molecule has 3 heteroatoms. The minimum atomic E-state index is 0. The molecule has 1 unspecified atom stereocenters. The Morgan fingerprint density at radius 2 is 1.95 bits per heavy atom. The summed E-state index contributed by atoms with van der Waals surface area (Å²) in [5.41, 5.74) is 11.1. The van der Waals surface area contributed by atoms with Crippen molar-refractivity contribution in [2.45, 2.75) is 38.8 Å². The second-order valence-corrected chi connectivity index (χ2v) is 5.97. The molecule has 2 nitrogen and oxygen atoms in total. The molecule has 118 valence electrons. The Hall–Kier alpha value is -1.51. The predicted molar refractivity (Wildman–Crippen MR) is 96.3 cm³/mol. The summed E-state index contributed by atoms with van der Waals surface area (Å²) in [6, 6.07) is 17.8. The van der Waals surface area contributed by atoms with Crippen LogP contribution in [-0.4, -0.2) is 11.4 Å². The second kappa shape index (κ2) is 7.66. The topological polar surface area (TPSA) is 29.3 Å².